The number of aliphatic hydroxyl groups excluding tert-OH is 1. The van der Waals surface area contributed by atoms with Gasteiger partial charge in [0, 0.05) is 41.6 Å². The topological polar surface area (TPSA) is 107 Å². The summed E-state index contributed by atoms with van der Waals surface area (Å²) in [5, 5.41) is 18.8. The maximum absolute atomic E-state index is 9.93. The molecule has 0 amide bonds. The van der Waals surface area contributed by atoms with Gasteiger partial charge in [-0.25, -0.2) is 4.98 Å². The quantitative estimate of drug-likeness (QED) is 0.335. The van der Waals surface area contributed by atoms with E-state index in [1.807, 2.05) is 24.8 Å². The monoisotopic (exact) mass is 479 g/mol. The molecule has 1 saturated heterocycles. The molecule has 2 fully saturated rings. The molecule has 0 unspecified atom stereocenters. The molecule has 5 heterocycles. The average molecular weight is 480 g/mol. The summed E-state index contributed by atoms with van der Waals surface area (Å²) in [6.45, 7) is 3.30. The van der Waals surface area contributed by atoms with Crippen LogP contribution < -0.4 is 0 Å². The zero-order valence-electron chi connectivity index (χ0n) is 20.1. The molecular formula is C28H29N7O. The number of pyridine rings is 2. The van der Waals surface area contributed by atoms with Crippen molar-refractivity contribution in [3.63, 3.8) is 0 Å². The fraction of sp³-hybridized carbons (Fsp3) is 0.357. The van der Waals surface area contributed by atoms with Gasteiger partial charge in [0.05, 0.1) is 28.9 Å². The highest BCUT2D eigenvalue weighted by Crippen LogP contribution is 2.37. The van der Waals surface area contributed by atoms with Gasteiger partial charge in [0.2, 0.25) is 0 Å². The van der Waals surface area contributed by atoms with Crippen molar-refractivity contribution in [3.8, 4) is 22.6 Å². The van der Waals surface area contributed by atoms with Crippen molar-refractivity contribution in [3.05, 3.63) is 60.2 Å². The number of nitrogens with one attached hydrogen (secondary N) is 2. The van der Waals surface area contributed by atoms with E-state index < -0.39 is 0 Å². The van der Waals surface area contributed by atoms with E-state index in [9.17, 15) is 5.11 Å². The molecule has 1 aromatic carbocycles. The highest BCUT2D eigenvalue weighted by molar-refractivity contribution is 5.95. The van der Waals surface area contributed by atoms with Crippen molar-refractivity contribution in [2.45, 2.75) is 50.7 Å². The van der Waals surface area contributed by atoms with Crippen LogP contribution in [0.4, 0.5) is 0 Å². The number of hydrogen-bond acceptors (Lipinski definition) is 6. The van der Waals surface area contributed by atoms with Crippen molar-refractivity contribution >= 4 is 21.9 Å². The Morgan fingerprint density at radius 2 is 1.78 bits per heavy atom. The van der Waals surface area contributed by atoms with Crippen molar-refractivity contribution in [2.75, 3.05) is 13.1 Å². The largest absolute Gasteiger partial charge is 0.393 e. The lowest BCUT2D eigenvalue weighted by molar-refractivity contribution is 0.122. The van der Waals surface area contributed by atoms with Gasteiger partial charge in [0.1, 0.15) is 5.69 Å². The number of H-pyrrole nitrogens is 2. The molecule has 3 N–H and O–H groups in total. The number of benzene rings is 1. The first-order valence-electron chi connectivity index (χ1n) is 12.9. The molecule has 182 valence electrons. The number of likely N-dealkylation sites (tertiary alicyclic amines) is 1. The number of hydrogen-bond donors (Lipinski definition) is 3. The summed E-state index contributed by atoms with van der Waals surface area (Å²) in [4.78, 5) is 19.9. The normalized spacial score (nSPS) is 20.7. The Bertz CT molecular complexity index is 1540. The molecule has 5 aromatic rings. The van der Waals surface area contributed by atoms with Crippen LogP contribution in [-0.2, 0) is 6.54 Å². The van der Waals surface area contributed by atoms with Gasteiger partial charge in [-0.3, -0.25) is 20.0 Å². The van der Waals surface area contributed by atoms with Gasteiger partial charge < -0.3 is 10.1 Å². The van der Waals surface area contributed by atoms with E-state index in [0.29, 0.717) is 5.92 Å². The molecule has 0 bridgehead atoms. The van der Waals surface area contributed by atoms with Gasteiger partial charge in [0.25, 0.3) is 0 Å². The molecule has 0 radical (unpaired) electrons. The van der Waals surface area contributed by atoms with Gasteiger partial charge >= 0.3 is 0 Å². The Kier molecular flexibility index (Phi) is 5.29. The van der Waals surface area contributed by atoms with E-state index in [2.05, 4.69) is 54.3 Å². The average Bonchev–Trinajstić information content (AvgIpc) is 3.50. The fourth-order valence-corrected chi connectivity index (χ4v) is 5.66. The third-order valence-electron chi connectivity index (χ3n) is 7.83. The summed E-state index contributed by atoms with van der Waals surface area (Å²) in [6, 6.07) is 8.61. The van der Waals surface area contributed by atoms with Crippen LogP contribution in [0.2, 0.25) is 0 Å². The maximum atomic E-state index is 9.93. The van der Waals surface area contributed by atoms with Crippen molar-refractivity contribution in [1.82, 2.24) is 35.0 Å². The predicted octanol–water partition coefficient (Wildman–Crippen LogP) is 4.79. The first-order chi connectivity index (χ1) is 17.7. The second-order valence-corrected chi connectivity index (χ2v) is 10.3. The zero-order valence-corrected chi connectivity index (χ0v) is 20.1. The number of fused-ring (bicyclic) bond motifs is 2. The molecule has 7 rings (SSSR count). The Morgan fingerprint density at radius 1 is 0.917 bits per heavy atom. The third kappa shape index (κ3) is 3.86. The number of nitrogens with zero attached hydrogens (tertiary/aromatic N) is 5. The van der Waals surface area contributed by atoms with E-state index in [4.69, 9.17) is 4.98 Å². The Labute approximate surface area is 208 Å². The molecule has 8 nitrogen and oxygen atoms in total. The first-order valence-corrected chi connectivity index (χ1v) is 12.9. The lowest BCUT2D eigenvalue weighted by atomic mass is 9.83. The van der Waals surface area contributed by atoms with Crippen LogP contribution in [0, 0.1) is 0 Å². The minimum absolute atomic E-state index is 0.181. The van der Waals surface area contributed by atoms with E-state index in [1.165, 1.54) is 25.1 Å². The van der Waals surface area contributed by atoms with E-state index in [0.717, 1.165) is 82.4 Å². The van der Waals surface area contributed by atoms with Crippen LogP contribution in [-0.4, -0.2) is 59.3 Å². The third-order valence-corrected chi connectivity index (χ3v) is 7.83. The highest BCUT2D eigenvalue weighted by atomic mass is 16.3. The molecule has 2 aliphatic rings. The van der Waals surface area contributed by atoms with Crippen LogP contribution in [0.5, 0.6) is 0 Å². The summed E-state index contributed by atoms with van der Waals surface area (Å²) >= 11 is 0. The lowest BCUT2D eigenvalue weighted by Gasteiger charge is -2.30. The summed E-state index contributed by atoms with van der Waals surface area (Å²) in [5.74, 6) is 1.11. The van der Waals surface area contributed by atoms with Gasteiger partial charge in [-0.2, -0.15) is 5.10 Å². The van der Waals surface area contributed by atoms with E-state index in [-0.39, 0.29) is 6.10 Å². The number of aromatic nitrogens is 6. The van der Waals surface area contributed by atoms with E-state index in [1.54, 1.807) is 0 Å². The highest BCUT2D eigenvalue weighted by Gasteiger charge is 2.24. The Hall–Kier alpha value is -3.62. The molecule has 1 saturated carbocycles. The van der Waals surface area contributed by atoms with Gasteiger partial charge in [0.15, 0.2) is 5.82 Å². The second kappa shape index (κ2) is 8.80. The molecular weight excluding hydrogens is 450 g/mol. The SMILES string of the molecule is OC1CCC(c2cncc3[nH]c(-c4n[nH]c5ccc(-c6cncc(CN7CCC7)c6)cc45)nc23)CC1. The molecule has 1 aliphatic carbocycles. The zero-order chi connectivity index (χ0) is 24.1. The summed E-state index contributed by atoms with van der Waals surface area (Å²) < 4.78 is 0. The van der Waals surface area contributed by atoms with Crippen LogP contribution in [0.15, 0.2) is 49.1 Å². The van der Waals surface area contributed by atoms with E-state index >= 15 is 0 Å². The number of imidazole rings is 1. The fourth-order valence-electron chi connectivity index (χ4n) is 5.66. The smallest absolute Gasteiger partial charge is 0.159 e. The van der Waals surface area contributed by atoms with Crippen molar-refractivity contribution in [2.24, 2.45) is 0 Å². The van der Waals surface area contributed by atoms with Gasteiger partial charge in [-0.15, -0.1) is 0 Å². The summed E-state index contributed by atoms with van der Waals surface area (Å²) in [5.41, 5.74) is 8.27. The van der Waals surface area contributed by atoms with Crippen LogP contribution >= 0.6 is 0 Å². The number of aliphatic hydroxyl groups is 1. The van der Waals surface area contributed by atoms with Crippen LogP contribution in [0.25, 0.3) is 44.6 Å². The predicted molar refractivity (Wildman–Crippen MR) is 139 cm³/mol. The molecule has 36 heavy (non-hydrogen) atoms. The molecule has 0 atom stereocenters. The van der Waals surface area contributed by atoms with Gasteiger partial charge in [-0.1, -0.05) is 6.07 Å². The van der Waals surface area contributed by atoms with Crippen LogP contribution in [0.1, 0.15) is 49.1 Å². The summed E-state index contributed by atoms with van der Waals surface area (Å²) in [7, 11) is 0. The second-order valence-electron chi connectivity index (χ2n) is 10.3. The Morgan fingerprint density at radius 3 is 2.61 bits per heavy atom. The number of rotatable bonds is 5. The van der Waals surface area contributed by atoms with Crippen LogP contribution in [0.3, 0.4) is 0 Å². The first kappa shape index (κ1) is 21.6. The molecule has 4 aromatic heterocycles. The standard InChI is InChI=1S/C28H29N7O/c36-21-5-2-18(3-6-21)23-14-30-15-25-26(23)32-28(31-25)27-22-11-19(4-7-24(22)33-34-27)20-10-17(12-29-13-20)16-35-8-1-9-35/h4,7,10-15,18,21,36H,1-3,5-6,8-9,16H2,(H,31,32)(H,33,34). The molecule has 1 aliphatic heterocycles. The van der Waals surface area contributed by atoms with Gasteiger partial charge in [-0.05, 0) is 80.4 Å². The van der Waals surface area contributed by atoms with Crippen molar-refractivity contribution in [1.29, 1.82) is 0 Å². The summed E-state index contributed by atoms with van der Waals surface area (Å²) in [6.07, 6.45) is 12.4. The maximum Gasteiger partial charge on any atom is 0.159 e. The minimum Gasteiger partial charge on any atom is -0.393 e. The Balaban J connectivity index is 1.25. The molecule has 8 heteroatoms. The lowest BCUT2D eigenvalue weighted by Crippen LogP contribution is -2.36. The minimum atomic E-state index is -0.181. The molecule has 0 spiro atoms. The number of aromatic amines is 2. The van der Waals surface area contributed by atoms with Crippen molar-refractivity contribution < 1.29 is 5.11 Å².